The molecule has 30 heavy (non-hydrogen) atoms. The van der Waals surface area contributed by atoms with E-state index in [2.05, 4.69) is 39.8 Å². The Morgan fingerprint density at radius 1 is 1.07 bits per heavy atom. The van der Waals surface area contributed by atoms with Gasteiger partial charge in [-0.1, -0.05) is 55.4 Å². The fraction of sp³-hybridized carbons (Fsp3) is 0.538. The van der Waals surface area contributed by atoms with Gasteiger partial charge in [0.15, 0.2) is 0 Å². The summed E-state index contributed by atoms with van der Waals surface area (Å²) in [6.45, 7) is 15.6. The van der Waals surface area contributed by atoms with E-state index in [1.54, 1.807) is 20.8 Å². The van der Waals surface area contributed by atoms with E-state index in [1.165, 1.54) is 36.5 Å². The Hall–Kier alpha value is -2.36. The highest BCUT2D eigenvalue weighted by atomic mass is 16.7. The smallest absolute Gasteiger partial charge is 0.333 e. The number of carbonyl (C=O) groups is 2. The largest absolute Gasteiger partial charge is 0.427 e. The van der Waals surface area contributed by atoms with Crippen molar-refractivity contribution in [3.8, 4) is 0 Å². The molecule has 0 N–H and O–H groups in total. The van der Waals surface area contributed by atoms with Crippen molar-refractivity contribution in [2.75, 3.05) is 6.79 Å². The summed E-state index contributed by atoms with van der Waals surface area (Å²) in [4.78, 5) is 23.4. The highest BCUT2D eigenvalue weighted by molar-refractivity contribution is 5.83. The third-order valence-electron chi connectivity index (χ3n) is 5.12. The molecule has 0 saturated heterocycles. The summed E-state index contributed by atoms with van der Waals surface area (Å²) in [5, 5.41) is 0. The van der Waals surface area contributed by atoms with E-state index >= 15 is 0 Å². The van der Waals surface area contributed by atoms with Crippen LogP contribution in [0.15, 0.2) is 58.7 Å². The number of rotatable bonds is 7. The Bertz CT molecular complexity index is 780. The van der Waals surface area contributed by atoms with E-state index < -0.39 is 17.4 Å². The minimum Gasteiger partial charge on any atom is -0.427 e. The standard InChI is InChI=1S/C26H38O4/c1-19(14-15-22-21(3)13-10-16-26(22,7)8)11-9-12-20(2)17-23(27)29-18-30-24(28)25(4,5)6/h9,11-12,14-15,17H,10,13,16,18H2,1-8H3. The fourth-order valence-electron chi connectivity index (χ4n) is 3.27. The normalized spacial score (nSPS) is 18.3. The predicted octanol–water partition coefficient (Wildman–Crippen LogP) is 6.61. The maximum absolute atomic E-state index is 11.8. The maximum atomic E-state index is 11.8. The van der Waals surface area contributed by atoms with Crippen LogP contribution in [0.2, 0.25) is 0 Å². The topological polar surface area (TPSA) is 52.6 Å². The van der Waals surface area contributed by atoms with Crippen LogP contribution in [0, 0.1) is 10.8 Å². The van der Waals surface area contributed by atoms with Crippen molar-refractivity contribution in [1.82, 2.24) is 0 Å². The van der Waals surface area contributed by atoms with Crippen LogP contribution in [0.25, 0.3) is 0 Å². The van der Waals surface area contributed by atoms with E-state index in [0.29, 0.717) is 0 Å². The lowest BCUT2D eigenvalue weighted by Gasteiger charge is -2.32. The van der Waals surface area contributed by atoms with Crippen molar-refractivity contribution in [2.24, 2.45) is 10.8 Å². The molecule has 0 fully saturated rings. The molecule has 4 nitrogen and oxygen atoms in total. The van der Waals surface area contributed by atoms with Gasteiger partial charge in [0, 0.05) is 6.08 Å². The number of allylic oxidation sites excluding steroid dienone is 9. The molecule has 0 aromatic rings. The van der Waals surface area contributed by atoms with Crippen LogP contribution >= 0.6 is 0 Å². The van der Waals surface area contributed by atoms with Crippen molar-refractivity contribution in [3.05, 3.63) is 58.7 Å². The van der Waals surface area contributed by atoms with Crippen LogP contribution in [0.4, 0.5) is 0 Å². The first-order valence-electron chi connectivity index (χ1n) is 10.6. The molecule has 0 radical (unpaired) electrons. The van der Waals surface area contributed by atoms with Crippen molar-refractivity contribution >= 4 is 11.9 Å². The van der Waals surface area contributed by atoms with Crippen LogP contribution < -0.4 is 0 Å². The average molecular weight is 415 g/mol. The highest BCUT2D eigenvalue weighted by Crippen LogP contribution is 2.40. The van der Waals surface area contributed by atoms with Crippen LogP contribution in [0.5, 0.6) is 0 Å². The first-order valence-corrected chi connectivity index (χ1v) is 10.6. The fourth-order valence-corrected chi connectivity index (χ4v) is 3.27. The molecule has 0 aromatic carbocycles. The van der Waals surface area contributed by atoms with E-state index in [4.69, 9.17) is 9.47 Å². The molecule has 0 bridgehead atoms. The second-order valence-corrected chi connectivity index (χ2v) is 9.69. The van der Waals surface area contributed by atoms with Gasteiger partial charge in [-0.3, -0.25) is 4.79 Å². The molecule has 0 heterocycles. The monoisotopic (exact) mass is 414 g/mol. The Balaban J connectivity index is 2.59. The molecule has 0 saturated carbocycles. The zero-order valence-corrected chi connectivity index (χ0v) is 19.9. The quantitative estimate of drug-likeness (QED) is 0.204. The van der Waals surface area contributed by atoms with Crippen molar-refractivity contribution in [1.29, 1.82) is 0 Å². The number of hydrogen-bond acceptors (Lipinski definition) is 4. The van der Waals surface area contributed by atoms with Gasteiger partial charge in [0.2, 0.25) is 6.79 Å². The lowest BCUT2D eigenvalue weighted by atomic mass is 9.72. The molecule has 4 heteroatoms. The zero-order valence-electron chi connectivity index (χ0n) is 19.9. The lowest BCUT2D eigenvalue weighted by Crippen LogP contribution is -2.24. The molecule has 0 atom stereocenters. The molecule has 0 spiro atoms. The molecule has 1 aliphatic rings. The number of esters is 2. The van der Waals surface area contributed by atoms with Crippen LogP contribution in [-0.4, -0.2) is 18.7 Å². The van der Waals surface area contributed by atoms with Gasteiger partial charge in [0.05, 0.1) is 5.41 Å². The third-order valence-corrected chi connectivity index (χ3v) is 5.12. The summed E-state index contributed by atoms with van der Waals surface area (Å²) < 4.78 is 9.84. The molecule has 0 unspecified atom stereocenters. The maximum Gasteiger partial charge on any atom is 0.333 e. The molecule has 0 amide bonds. The number of ether oxygens (including phenoxy) is 2. The van der Waals surface area contributed by atoms with Crippen LogP contribution in [0.3, 0.4) is 0 Å². The average Bonchev–Trinajstić information content (AvgIpc) is 2.59. The summed E-state index contributed by atoms with van der Waals surface area (Å²) in [6.07, 6.45) is 15.2. The first kappa shape index (κ1) is 25.7. The summed E-state index contributed by atoms with van der Waals surface area (Å²) in [7, 11) is 0. The molecular formula is C26H38O4. The molecule has 166 valence electrons. The van der Waals surface area contributed by atoms with E-state index in [1.807, 2.05) is 25.2 Å². The Kier molecular flexibility index (Phi) is 9.54. The number of carbonyl (C=O) groups excluding carboxylic acids is 2. The summed E-state index contributed by atoms with van der Waals surface area (Å²) in [5.74, 6) is -0.950. The van der Waals surface area contributed by atoms with Gasteiger partial charge in [-0.05, 0) is 77.4 Å². The predicted molar refractivity (Wildman–Crippen MR) is 123 cm³/mol. The molecule has 0 aromatic heterocycles. The van der Waals surface area contributed by atoms with E-state index in [9.17, 15) is 9.59 Å². The van der Waals surface area contributed by atoms with Crippen molar-refractivity contribution in [2.45, 2.75) is 74.7 Å². The Morgan fingerprint density at radius 3 is 2.33 bits per heavy atom. The minimum absolute atomic E-state index is 0.232. The molecular weight excluding hydrogens is 376 g/mol. The van der Waals surface area contributed by atoms with Crippen LogP contribution in [-0.2, 0) is 19.1 Å². The molecule has 1 aliphatic carbocycles. The van der Waals surface area contributed by atoms with E-state index in [0.717, 1.165) is 11.1 Å². The van der Waals surface area contributed by atoms with Gasteiger partial charge in [-0.15, -0.1) is 0 Å². The zero-order chi connectivity index (χ0) is 22.9. The third kappa shape index (κ3) is 8.98. The summed E-state index contributed by atoms with van der Waals surface area (Å²) in [6, 6.07) is 0. The van der Waals surface area contributed by atoms with Gasteiger partial charge < -0.3 is 9.47 Å². The number of hydrogen-bond donors (Lipinski definition) is 0. The van der Waals surface area contributed by atoms with Gasteiger partial charge >= 0.3 is 11.9 Å². The lowest BCUT2D eigenvalue weighted by molar-refractivity contribution is -0.170. The highest BCUT2D eigenvalue weighted by Gasteiger charge is 2.26. The van der Waals surface area contributed by atoms with Crippen LogP contribution in [0.1, 0.15) is 74.7 Å². The first-order chi connectivity index (χ1) is 13.8. The van der Waals surface area contributed by atoms with Gasteiger partial charge in [0.1, 0.15) is 0 Å². The van der Waals surface area contributed by atoms with Gasteiger partial charge in [0.25, 0.3) is 0 Å². The molecule has 0 aliphatic heterocycles. The summed E-state index contributed by atoms with van der Waals surface area (Å²) >= 11 is 0. The Labute approximate surface area is 182 Å². The Morgan fingerprint density at radius 2 is 1.73 bits per heavy atom. The SMILES string of the molecule is CC(C=CC1=C(C)CCCC1(C)C)=CC=CC(C)=CC(=O)OCOC(=O)C(C)(C)C. The van der Waals surface area contributed by atoms with E-state index in [-0.39, 0.29) is 12.2 Å². The molecule has 1 rings (SSSR count). The van der Waals surface area contributed by atoms with Crippen molar-refractivity contribution < 1.29 is 19.1 Å². The van der Waals surface area contributed by atoms with Gasteiger partial charge in [-0.25, -0.2) is 4.79 Å². The second-order valence-electron chi connectivity index (χ2n) is 9.69. The minimum atomic E-state index is -0.623. The van der Waals surface area contributed by atoms with Crippen molar-refractivity contribution in [3.63, 3.8) is 0 Å². The second kappa shape index (κ2) is 11.1. The van der Waals surface area contributed by atoms with Gasteiger partial charge in [-0.2, -0.15) is 0 Å². The summed E-state index contributed by atoms with van der Waals surface area (Å²) in [5.41, 5.74) is 4.42.